The average molecular weight is 425 g/mol. The van der Waals surface area contributed by atoms with E-state index in [9.17, 15) is 12.8 Å². The molecule has 0 radical (unpaired) electrons. The second kappa shape index (κ2) is 7.63. The molecule has 0 aliphatic carbocycles. The number of thiophene rings is 1. The third-order valence-corrected chi connectivity index (χ3v) is 8.42. The lowest BCUT2D eigenvalue weighted by Gasteiger charge is -2.33. The van der Waals surface area contributed by atoms with Gasteiger partial charge in [-0.1, -0.05) is 18.2 Å². The van der Waals surface area contributed by atoms with Crippen molar-refractivity contribution in [3.05, 3.63) is 59.0 Å². The monoisotopic (exact) mass is 424 g/mol. The largest absolute Gasteiger partial charge is 0.344 e. The third kappa shape index (κ3) is 4.03. The van der Waals surface area contributed by atoms with Crippen molar-refractivity contribution < 1.29 is 12.8 Å². The summed E-state index contributed by atoms with van der Waals surface area (Å²) in [4.78, 5) is 6.62. The zero-order valence-corrected chi connectivity index (χ0v) is 16.7. The van der Waals surface area contributed by atoms with E-state index in [1.54, 1.807) is 29.6 Å². The molecule has 2 aromatic heterocycles. The number of benzene rings is 1. The van der Waals surface area contributed by atoms with Gasteiger partial charge in [-0.05, 0) is 29.1 Å². The molecule has 0 unspecified atom stereocenters. The van der Waals surface area contributed by atoms with E-state index in [1.807, 2.05) is 0 Å². The molecular weight excluding hydrogens is 407 g/mol. The maximum absolute atomic E-state index is 13.0. The van der Waals surface area contributed by atoms with Gasteiger partial charge in [0.15, 0.2) is 0 Å². The van der Waals surface area contributed by atoms with Gasteiger partial charge in [0.1, 0.15) is 15.9 Å². The summed E-state index contributed by atoms with van der Waals surface area (Å²) in [7, 11) is -3.40. The zero-order chi connectivity index (χ0) is 18.9. The Morgan fingerprint density at radius 1 is 1.07 bits per heavy atom. The van der Waals surface area contributed by atoms with Crippen molar-refractivity contribution in [2.24, 2.45) is 0 Å². The van der Waals surface area contributed by atoms with Gasteiger partial charge in [0.25, 0.3) is 10.0 Å². The predicted octanol–water partition coefficient (Wildman–Crippen LogP) is 2.84. The lowest BCUT2D eigenvalue weighted by molar-refractivity contribution is 0.385. The molecule has 1 saturated heterocycles. The van der Waals surface area contributed by atoms with E-state index >= 15 is 0 Å². The van der Waals surface area contributed by atoms with Gasteiger partial charge in [-0.2, -0.15) is 8.68 Å². The number of halogens is 1. The summed E-state index contributed by atoms with van der Waals surface area (Å²) < 4.78 is 44.5. The predicted molar refractivity (Wildman–Crippen MR) is 104 cm³/mol. The van der Waals surface area contributed by atoms with Crippen molar-refractivity contribution in [1.82, 2.24) is 13.7 Å². The number of hydrogen-bond acceptors (Lipinski definition) is 7. The van der Waals surface area contributed by atoms with E-state index in [0.717, 1.165) is 10.7 Å². The Bertz CT molecular complexity index is 995. The second-order valence-electron chi connectivity index (χ2n) is 6.12. The molecule has 142 valence electrons. The molecule has 1 fully saturated rings. The van der Waals surface area contributed by atoms with E-state index in [-0.39, 0.29) is 5.82 Å². The molecule has 27 heavy (non-hydrogen) atoms. The number of anilines is 1. The van der Waals surface area contributed by atoms with Gasteiger partial charge in [0.05, 0.1) is 0 Å². The molecule has 0 N–H and O–H groups in total. The van der Waals surface area contributed by atoms with Gasteiger partial charge in [-0.25, -0.2) is 17.8 Å². The molecule has 3 aromatic rings. The second-order valence-corrected chi connectivity index (χ2v) is 9.96. The molecule has 1 aliphatic rings. The van der Waals surface area contributed by atoms with Crippen LogP contribution in [0.2, 0.25) is 0 Å². The van der Waals surface area contributed by atoms with Crippen LogP contribution >= 0.6 is 22.9 Å². The summed E-state index contributed by atoms with van der Waals surface area (Å²) in [5.41, 5.74) is 0.951. The molecule has 0 atom stereocenters. The SMILES string of the molecule is O=S(=O)(c1cccs1)N1CCN(c2nc(Cc3ccc(F)cc3)ns2)CC1. The van der Waals surface area contributed by atoms with Gasteiger partial charge in [-0.15, -0.1) is 11.3 Å². The van der Waals surface area contributed by atoms with E-state index in [1.165, 1.54) is 39.3 Å². The molecule has 0 spiro atoms. The molecular formula is C17H17FN4O2S3. The Hall–Kier alpha value is -1.88. The number of nitrogens with zero attached hydrogens (tertiary/aromatic N) is 4. The number of piperazine rings is 1. The molecule has 1 aliphatic heterocycles. The molecule has 4 rings (SSSR count). The van der Waals surface area contributed by atoms with Crippen molar-refractivity contribution in [3.63, 3.8) is 0 Å². The lowest BCUT2D eigenvalue weighted by atomic mass is 10.1. The van der Waals surface area contributed by atoms with Crippen molar-refractivity contribution in [2.45, 2.75) is 10.6 Å². The number of hydrogen-bond donors (Lipinski definition) is 0. The highest BCUT2D eigenvalue weighted by Crippen LogP contribution is 2.25. The van der Waals surface area contributed by atoms with Crippen LogP contribution in [0.1, 0.15) is 11.4 Å². The van der Waals surface area contributed by atoms with Crippen LogP contribution in [0.5, 0.6) is 0 Å². The minimum Gasteiger partial charge on any atom is -0.344 e. The Morgan fingerprint density at radius 3 is 2.48 bits per heavy atom. The number of sulfonamides is 1. The van der Waals surface area contributed by atoms with Gasteiger partial charge in [0, 0.05) is 44.1 Å². The van der Waals surface area contributed by atoms with E-state index in [2.05, 4.69) is 14.3 Å². The fourth-order valence-corrected chi connectivity index (χ4v) is 6.19. The molecule has 0 bridgehead atoms. The summed E-state index contributed by atoms with van der Waals surface area (Å²) in [5.74, 6) is 0.427. The number of rotatable bonds is 5. The zero-order valence-electron chi connectivity index (χ0n) is 14.3. The van der Waals surface area contributed by atoms with E-state index in [4.69, 9.17) is 0 Å². The Kier molecular flexibility index (Phi) is 5.22. The maximum atomic E-state index is 13.0. The average Bonchev–Trinajstić information content (AvgIpc) is 3.36. The van der Waals surface area contributed by atoms with Gasteiger partial charge < -0.3 is 4.90 Å². The van der Waals surface area contributed by atoms with Gasteiger partial charge in [0.2, 0.25) is 5.13 Å². The van der Waals surface area contributed by atoms with Crippen LogP contribution < -0.4 is 4.90 Å². The van der Waals surface area contributed by atoms with Crippen molar-refractivity contribution in [3.8, 4) is 0 Å². The highest BCUT2D eigenvalue weighted by atomic mass is 32.2. The summed E-state index contributed by atoms with van der Waals surface area (Å²) in [6.07, 6.45) is 0.545. The van der Waals surface area contributed by atoms with E-state index in [0.29, 0.717) is 42.6 Å². The molecule has 0 saturated carbocycles. The van der Waals surface area contributed by atoms with Crippen LogP contribution in [0.15, 0.2) is 46.0 Å². The van der Waals surface area contributed by atoms with Crippen LogP contribution in [-0.4, -0.2) is 48.3 Å². The van der Waals surface area contributed by atoms with Crippen molar-refractivity contribution >= 4 is 38.0 Å². The lowest BCUT2D eigenvalue weighted by Crippen LogP contribution is -2.48. The summed E-state index contributed by atoms with van der Waals surface area (Å²) in [5, 5.41) is 2.56. The van der Waals surface area contributed by atoms with Crippen LogP contribution in [-0.2, 0) is 16.4 Å². The molecule has 0 amide bonds. The molecule has 6 nitrogen and oxygen atoms in total. The Morgan fingerprint density at radius 2 is 1.81 bits per heavy atom. The minimum atomic E-state index is -3.40. The van der Waals surface area contributed by atoms with E-state index < -0.39 is 10.0 Å². The third-order valence-electron chi connectivity index (χ3n) is 4.33. The first-order chi connectivity index (χ1) is 13.0. The standard InChI is InChI=1S/C17H17FN4O2S3/c18-14-5-3-13(4-6-14)12-15-19-17(26-20-15)21-7-9-22(10-8-21)27(23,24)16-2-1-11-25-16/h1-6,11H,7-10,12H2. The molecule has 10 heteroatoms. The number of aromatic nitrogens is 2. The van der Waals surface area contributed by atoms with Crippen LogP contribution in [0.3, 0.4) is 0 Å². The highest BCUT2D eigenvalue weighted by molar-refractivity contribution is 7.91. The normalized spacial score (nSPS) is 16.0. The maximum Gasteiger partial charge on any atom is 0.252 e. The van der Waals surface area contributed by atoms with Crippen molar-refractivity contribution in [1.29, 1.82) is 0 Å². The van der Waals surface area contributed by atoms with Crippen molar-refractivity contribution in [2.75, 3.05) is 31.1 Å². The first kappa shape index (κ1) is 18.5. The smallest absolute Gasteiger partial charge is 0.252 e. The topological polar surface area (TPSA) is 66.4 Å². The van der Waals surface area contributed by atoms with Crippen LogP contribution in [0, 0.1) is 5.82 Å². The first-order valence-corrected chi connectivity index (χ1v) is 11.5. The highest BCUT2D eigenvalue weighted by Gasteiger charge is 2.30. The first-order valence-electron chi connectivity index (χ1n) is 8.38. The summed E-state index contributed by atoms with van der Waals surface area (Å²) in [6.45, 7) is 2.01. The quantitative estimate of drug-likeness (QED) is 0.630. The molecule has 1 aromatic carbocycles. The summed E-state index contributed by atoms with van der Waals surface area (Å²) in [6, 6.07) is 9.69. The fourth-order valence-electron chi connectivity index (χ4n) is 2.89. The van der Waals surface area contributed by atoms with Gasteiger partial charge in [-0.3, -0.25) is 0 Å². The van der Waals surface area contributed by atoms with Crippen LogP contribution in [0.25, 0.3) is 0 Å². The Balaban J connectivity index is 1.39. The summed E-state index contributed by atoms with van der Waals surface area (Å²) >= 11 is 2.55. The van der Waals surface area contributed by atoms with Crippen LogP contribution in [0.4, 0.5) is 9.52 Å². The molecule has 3 heterocycles. The van der Waals surface area contributed by atoms with Gasteiger partial charge >= 0.3 is 0 Å². The minimum absolute atomic E-state index is 0.263. The Labute approximate surface area is 165 Å². The fraction of sp³-hybridized carbons (Fsp3) is 0.294.